The molecule has 1 aromatic heterocycles. The lowest BCUT2D eigenvalue weighted by Crippen LogP contribution is -2.36. The third kappa shape index (κ3) is 4.56. The van der Waals surface area contributed by atoms with Crippen LogP contribution in [0.15, 0.2) is 52.1 Å². The van der Waals surface area contributed by atoms with Crippen LogP contribution >= 0.6 is 0 Å². The van der Waals surface area contributed by atoms with E-state index >= 15 is 0 Å². The van der Waals surface area contributed by atoms with Crippen molar-refractivity contribution in [2.75, 3.05) is 13.7 Å². The van der Waals surface area contributed by atoms with Crippen molar-refractivity contribution in [2.45, 2.75) is 20.0 Å². The highest BCUT2D eigenvalue weighted by Gasteiger charge is 2.03. The Morgan fingerprint density at radius 1 is 1.19 bits per heavy atom. The summed E-state index contributed by atoms with van der Waals surface area (Å²) < 4.78 is 10.6. The van der Waals surface area contributed by atoms with Gasteiger partial charge in [0.05, 0.1) is 26.5 Å². The largest absolute Gasteiger partial charge is 0.496 e. The summed E-state index contributed by atoms with van der Waals surface area (Å²) in [5, 5.41) is 6.44. The Kier molecular flexibility index (Phi) is 5.70. The van der Waals surface area contributed by atoms with Crippen LogP contribution in [0.1, 0.15) is 18.2 Å². The third-order valence-corrected chi connectivity index (χ3v) is 2.95. The Bertz CT molecular complexity index is 565. The molecule has 0 fully saturated rings. The van der Waals surface area contributed by atoms with Crippen LogP contribution in [-0.2, 0) is 13.1 Å². The highest BCUT2D eigenvalue weighted by Crippen LogP contribution is 2.17. The average Bonchev–Trinajstić information content (AvgIpc) is 3.03. The Morgan fingerprint density at radius 3 is 2.76 bits per heavy atom. The summed E-state index contributed by atoms with van der Waals surface area (Å²) in [4.78, 5) is 4.56. The van der Waals surface area contributed by atoms with Crippen molar-refractivity contribution >= 4 is 5.96 Å². The van der Waals surface area contributed by atoms with E-state index < -0.39 is 0 Å². The number of para-hydroxylation sites is 1. The van der Waals surface area contributed by atoms with Gasteiger partial charge in [-0.25, -0.2) is 4.99 Å². The van der Waals surface area contributed by atoms with Crippen LogP contribution in [0.3, 0.4) is 0 Å². The Hall–Kier alpha value is -2.43. The van der Waals surface area contributed by atoms with Gasteiger partial charge in [-0.05, 0) is 25.1 Å². The summed E-state index contributed by atoms with van der Waals surface area (Å²) in [6, 6.07) is 11.7. The van der Waals surface area contributed by atoms with E-state index in [2.05, 4.69) is 15.6 Å². The number of methoxy groups -OCH3 is 1. The third-order valence-electron chi connectivity index (χ3n) is 2.95. The van der Waals surface area contributed by atoms with Gasteiger partial charge in [-0.2, -0.15) is 0 Å². The first-order valence-electron chi connectivity index (χ1n) is 7.00. The van der Waals surface area contributed by atoms with Crippen molar-refractivity contribution in [3.05, 3.63) is 54.0 Å². The SMILES string of the molecule is CCNC(=NCc1ccccc1OC)NCc1ccco1. The second-order valence-corrected chi connectivity index (χ2v) is 4.44. The normalized spacial score (nSPS) is 11.2. The molecule has 0 spiro atoms. The van der Waals surface area contributed by atoms with Gasteiger partial charge in [-0.15, -0.1) is 0 Å². The molecule has 2 aromatic rings. The predicted octanol–water partition coefficient (Wildman–Crippen LogP) is 2.54. The number of hydrogen-bond donors (Lipinski definition) is 2. The number of nitrogens with one attached hydrogen (secondary N) is 2. The molecule has 0 radical (unpaired) electrons. The molecule has 0 aliphatic heterocycles. The lowest BCUT2D eigenvalue weighted by Gasteiger charge is -2.11. The van der Waals surface area contributed by atoms with E-state index in [-0.39, 0.29) is 0 Å². The molecule has 5 heteroatoms. The summed E-state index contributed by atoms with van der Waals surface area (Å²) in [6.45, 7) is 3.99. The number of aliphatic imine (C=N–C) groups is 1. The van der Waals surface area contributed by atoms with E-state index in [4.69, 9.17) is 9.15 Å². The fourth-order valence-corrected chi connectivity index (χ4v) is 1.92. The first-order valence-corrected chi connectivity index (χ1v) is 7.00. The number of furan rings is 1. The summed E-state index contributed by atoms with van der Waals surface area (Å²) in [5.74, 6) is 2.47. The predicted molar refractivity (Wildman–Crippen MR) is 83.4 cm³/mol. The van der Waals surface area contributed by atoms with Crippen LogP contribution < -0.4 is 15.4 Å². The molecule has 2 N–H and O–H groups in total. The molecule has 21 heavy (non-hydrogen) atoms. The van der Waals surface area contributed by atoms with Crippen LogP contribution in [0.2, 0.25) is 0 Å². The number of rotatable bonds is 6. The molecule has 0 saturated carbocycles. The van der Waals surface area contributed by atoms with Crippen molar-refractivity contribution < 1.29 is 9.15 Å². The van der Waals surface area contributed by atoms with Gasteiger partial charge in [0.15, 0.2) is 5.96 Å². The molecule has 0 aliphatic carbocycles. The number of ether oxygens (including phenoxy) is 1. The van der Waals surface area contributed by atoms with E-state index in [9.17, 15) is 0 Å². The number of benzene rings is 1. The van der Waals surface area contributed by atoms with Gasteiger partial charge in [0.25, 0.3) is 0 Å². The highest BCUT2D eigenvalue weighted by molar-refractivity contribution is 5.79. The molecule has 0 atom stereocenters. The maximum absolute atomic E-state index is 5.33. The van der Waals surface area contributed by atoms with Crippen LogP contribution in [0.25, 0.3) is 0 Å². The summed E-state index contributed by atoms with van der Waals surface area (Å²) >= 11 is 0. The molecule has 0 saturated heterocycles. The van der Waals surface area contributed by atoms with Gasteiger partial charge in [0.2, 0.25) is 0 Å². The fraction of sp³-hybridized carbons (Fsp3) is 0.312. The van der Waals surface area contributed by atoms with Gasteiger partial charge in [-0.1, -0.05) is 18.2 Å². The molecule has 2 rings (SSSR count). The van der Waals surface area contributed by atoms with Crippen molar-refractivity contribution in [3.8, 4) is 5.75 Å². The fourth-order valence-electron chi connectivity index (χ4n) is 1.92. The smallest absolute Gasteiger partial charge is 0.191 e. The minimum absolute atomic E-state index is 0.553. The second-order valence-electron chi connectivity index (χ2n) is 4.44. The van der Waals surface area contributed by atoms with Gasteiger partial charge >= 0.3 is 0 Å². The van der Waals surface area contributed by atoms with Crippen molar-refractivity contribution in [2.24, 2.45) is 4.99 Å². The molecule has 0 amide bonds. The second kappa shape index (κ2) is 7.99. The van der Waals surface area contributed by atoms with E-state index in [0.29, 0.717) is 13.1 Å². The van der Waals surface area contributed by atoms with Crippen LogP contribution in [0.5, 0.6) is 5.75 Å². The molecular formula is C16H21N3O2. The van der Waals surface area contributed by atoms with Gasteiger partial charge in [0.1, 0.15) is 11.5 Å². The molecule has 0 aliphatic rings. The van der Waals surface area contributed by atoms with Crippen LogP contribution in [0, 0.1) is 0 Å². The lowest BCUT2D eigenvalue weighted by atomic mass is 10.2. The first kappa shape index (κ1) is 15.0. The molecule has 112 valence electrons. The summed E-state index contributed by atoms with van der Waals surface area (Å²) in [7, 11) is 1.67. The lowest BCUT2D eigenvalue weighted by molar-refractivity contribution is 0.410. The minimum Gasteiger partial charge on any atom is -0.496 e. The van der Waals surface area contributed by atoms with Crippen LogP contribution in [-0.4, -0.2) is 19.6 Å². The Morgan fingerprint density at radius 2 is 2.05 bits per heavy atom. The maximum Gasteiger partial charge on any atom is 0.191 e. The zero-order valence-electron chi connectivity index (χ0n) is 12.4. The van der Waals surface area contributed by atoms with Crippen molar-refractivity contribution in [1.82, 2.24) is 10.6 Å². The monoisotopic (exact) mass is 287 g/mol. The highest BCUT2D eigenvalue weighted by atomic mass is 16.5. The zero-order valence-corrected chi connectivity index (χ0v) is 12.4. The van der Waals surface area contributed by atoms with E-state index in [1.54, 1.807) is 13.4 Å². The summed E-state index contributed by atoms with van der Waals surface area (Å²) in [6.07, 6.45) is 1.66. The van der Waals surface area contributed by atoms with E-state index in [1.807, 2.05) is 43.3 Å². The number of hydrogen-bond acceptors (Lipinski definition) is 3. The van der Waals surface area contributed by atoms with Gasteiger partial charge in [0, 0.05) is 12.1 Å². The standard InChI is InChI=1S/C16H21N3O2/c1-3-17-16(19-12-14-8-6-10-21-14)18-11-13-7-4-5-9-15(13)20-2/h4-10H,3,11-12H2,1-2H3,(H2,17,18,19). The molecular weight excluding hydrogens is 266 g/mol. The minimum atomic E-state index is 0.553. The molecule has 1 heterocycles. The zero-order chi connectivity index (χ0) is 14.9. The summed E-state index contributed by atoms with van der Waals surface area (Å²) in [5.41, 5.74) is 1.05. The van der Waals surface area contributed by atoms with Gasteiger partial charge < -0.3 is 19.8 Å². The van der Waals surface area contributed by atoms with Crippen molar-refractivity contribution in [3.63, 3.8) is 0 Å². The van der Waals surface area contributed by atoms with Crippen molar-refractivity contribution in [1.29, 1.82) is 0 Å². The first-order chi connectivity index (χ1) is 10.3. The van der Waals surface area contributed by atoms with E-state index in [0.717, 1.165) is 29.6 Å². The van der Waals surface area contributed by atoms with Gasteiger partial charge in [-0.3, -0.25) is 0 Å². The van der Waals surface area contributed by atoms with Crippen LogP contribution in [0.4, 0.5) is 0 Å². The maximum atomic E-state index is 5.33. The molecule has 0 unspecified atom stereocenters. The molecule has 0 bridgehead atoms. The topological polar surface area (TPSA) is 58.8 Å². The van der Waals surface area contributed by atoms with E-state index in [1.165, 1.54) is 0 Å². The Labute approximate surface area is 125 Å². The average molecular weight is 287 g/mol. The quantitative estimate of drug-likeness (QED) is 0.633. The molecule has 1 aromatic carbocycles. The molecule has 5 nitrogen and oxygen atoms in total. The Balaban J connectivity index is 1.99. The number of guanidine groups is 1. The number of nitrogens with zero attached hydrogens (tertiary/aromatic N) is 1.